The van der Waals surface area contributed by atoms with Crippen LogP contribution in [0, 0.1) is 0 Å². The number of benzene rings is 1. The maximum Gasteiger partial charge on any atom is 0.338 e. The zero-order valence-corrected chi connectivity index (χ0v) is 9.91. The van der Waals surface area contributed by atoms with Gasteiger partial charge in [0.15, 0.2) is 0 Å². The van der Waals surface area contributed by atoms with Crippen LogP contribution in [0.25, 0.3) is 0 Å². The standard InChI is InChI=1S/C12H18N2O2/c1-4-16-12(15)9-5-6-10(13)11(7-9)14-8(2)3/h5-8,14H,4,13H2,1-3H3. The highest BCUT2D eigenvalue weighted by Crippen LogP contribution is 2.21. The Morgan fingerprint density at radius 3 is 2.75 bits per heavy atom. The average molecular weight is 222 g/mol. The van der Waals surface area contributed by atoms with Crippen LogP contribution in [0.15, 0.2) is 18.2 Å². The van der Waals surface area contributed by atoms with E-state index in [0.717, 1.165) is 5.69 Å². The first-order chi connectivity index (χ1) is 7.54. The molecule has 16 heavy (non-hydrogen) atoms. The topological polar surface area (TPSA) is 64.3 Å². The second kappa shape index (κ2) is 5.39. The summed E-state index contributed by atoms with van der Waals surface area (Å²) in [6, 6.07) is 5.35. The predicted molar refractivity (Wildman–Crippen MR) is 65.6 cm³/mol. The van der Waals surface area contributed by atoms with Crippen molar-refractivity contribution in [3.05, 3.63) is 23.8 Å². The third-order valence-electron chi connectivity index (χ3n) is 2.01. The second-order valence-corrected chi connectivity index (χ2v) is 3.82. The molecule has 0 saturated carbocycles. The lowest BCUT2D eigenvalue weighted by Gasteiger charge is -2.13. The number of nitrogens with one attached hydrogen (secondary N) is 1. The Balaban J connectivity index is 2.93. The van der Waals surface area contributed by atoms with E-state index in [1.807, 2.05) is 13.8 Å². The van der Waals surface area contributed by atoms with Gasteiger partial charge < -0.3 is 15.8 Å². The van der Waals surface area contributed by atoms with Crippen LogP contribution in [0.4, 0.5) is 11.4 Å². The van der Waals surface area contributed by atoms with Gasteiger partial charge in [0, 0.05) is 6.04 Å². The molecular formula is C12H18N2O2. The summed E-state index contributed by atoms with van der Waals surface area (Å²) < 4.78 is 4.92. The van der Waals surface area contributed by atoms with Crippen LogP contribution >= 0.6 is 0 Å². The van der Waals surface area contributed by atoms with Crippen molar-refractivity contribution in [2.24, 2.45) is 0 Å². The average Bonchev–Trinajstić information content (AvgIpc) is 2.21. The number of nitrogen functional groups attached to an aromatic ring is 1. The molecule has 1 aromatic carbocycles. The minimum Gasteiger partial charge on any atom is -0.462 e. The lowest BCUT2D eigenvalue weighted by Crippen LogP contribution is -2.13. The fraction of sp³-hybridized carbons (Fsp3) is 0.417. The minimum absolute atomic E-state index is 0.264. The normalized spacial score (nSPS) is 10.2. The Bertz CT molecular complexity index is 375. The molecule has 0 aliphatic rings. The first-order valence-electron chi connectivity index (χ1n) is 5.37. The number of nitrogens with two attached hydrogens (primary N) is 1. The summed E-state index contributed by atoms with van der Waals surface area (Å²) in [5, 5.41) is 3.18. The number of carbonyl (C=O) groups excluding carboxylic acids is 1. The van der Waals surface area contributed by atoms with Crippen molar-refractivity contribution in [2.45, 2.75) is 26.8 Å². The summed E-state index contributed by atoms with van der Waals surface area (Å²) in [7, 11) is 0. The van der Waals surface area contributed by atoms with E-state index in [2.05, 4.69) is 5.32 Å². The number of esters is 1. The molecule has 3 N–H and O–H groups in total. The van der Waals surface area contributed by atoms with Crippen LogP contribution in [-0.2, 0) is 4.74 Å². The smallest absolute Gasteiger partial charge is 0.338 e. The number of hydrogen-bond acceptors (Lipinski definition) is 4. The molecule has 0 aliphatic heterocycles. The van der Waals surface area contributed by atoms with E-state index in [1.54, 1.807) is 25.1 Å². The Hall–Kier alpha value is -1.71. The van der Waals surface area contributed by atoms with E-state index >= 15 is 0 Å². The summed E-state index contributed by atoms with van der Waals surface area (Å²) in [4.78, 5) is 11.5. The largest absolute Gasteiger partial charge is 0.462 e. The van der Waals surface area contributed by atoms with Crippen molar-refractivity contribution in [3.63, 3.8) is 0 Å². The number of hydrogen-bond donors (Lipinski definition) is 2. The highest BCUT2D eigenvalue weighted by Gasteiger charge is 2.09. The van der Waals surface area contributed by atoms with Gasteiger partial charge in [0.25, 0.3) is 0 Å². The molecule has 0 fully saturated rings. The van der Waals surface area contributed by atoms with Gasteiger partial charge in [0.1, 0.15) is 0 Å². The summed E-state index contributed by atoms with van der Waals surface area (Å²) in [6.45, 7) is 6.17. The van der Waals surface area contributed by atoms with Gasteiger partial charge in [-0.05, 0) is 39.0 Å². The molecule has 0 aromatic heterocycles. The molecule has 4 heteroatoms. The van der Waals surface area contributed by atoms with Crippen LogP contribution in [0.1, 0.15) is 31.1 Å². The third-order valence-corrected chi connectivity index (χ3v) is 2.01. The van der Waals surface area contributed by atoms with Crippen LogP contribution in [0.2, 0.25) is 0 Å². The summed E-state index contributed by atoms with van der Waals surface area (Å²) in [5.41, 5.74) is 7.70. The monoisotopic (exact) mass is 222 g/mol. The molecule has 0 saturated heterocycles. The third kappa shape index (κ3) is 3.15. The number of carbonyl (C=O) groups is 1. The lowest BCUT2D eigenvalue weighted by atomic mass is 10.1. The van der Waals surface area contributed by atoms with Gasteiger partial charge in [-0.3, -0.25) is 0 Å². The predicted octanol–water partition coefficient (Wildman–Crippen LogP) is 2.27. The van der Waals surface area contributed by atoms with Crippen molar-refractivity contribution < 1.29 is 9.53 Å². The van der Waals surface area contributed by atoms with Gasteiger partial charge >= 0.3 is 5.97 Å². The fourth-order valence-corrected chi connectivity index (χ4v) is 1.33. The minimum atomic E-state index is -0.325. The fourth-order valence-electron chi connectivity index (χ4n) is 1.33. The molecule has 0 atom stereocenters. The number of rotatable bonds is 4. The van der Waals surface area contributed by atoms with Crippen LogP contribution in [0.5, 0.6) is 0 Å². The molecule has 1 aromatic rings. The van der Waals surface area contributed by atoms with Crippen molar-refractivity contribution in [3.8, 4) is 0 Å². The van der Waals surface area contributed by atoms with Crippen molar-refractivity contribution in [1.29, 1.82) is 0 Å². The first-order valence-corrected chi connectivity index (χ1v) is 5.37. The molecule has 1 rings (SSSR count). The molecule has 0 aliphatic carbocycles. The highest BCUT2D eigenvalue weighted by molar-refractivity contribution is 5.92. The lowest BCUT2D eigenvalue weighted by molar-refractivity contribution is 0.0526. The van der Waals surface area contributed by atoms with E-state index in [4.69, 9.17) is 10.5 Å². The molecule has 88 valence electrons. The van der Waals surface area contributed by atoms with Crippen molar-refractivity contribution in [2.75, 3.05) is 17.7 Å². The van der Waals surface area contributed by atoms with Gasteiger partial charge in [-0.1, -0.05) is 0 Å². The molecular weight excluding hydrogens is 204 g/mol. The Kier molecular flexibility index (Phi) is 4.17. The summed E-state index contributed by atoms with van der Waals surface area (Å²) in [5.74, 6) is -0.325. The Labute approximate surface area is 95.8 Å². The summed E-state index contributed by atoms with van der Waals surface area (Å²) in [6.07, 6.45) is 0. The van der Waals surface area contributed by atoms with E-state index < -0.39 is 0 Å². The van der Waals surface area contributed by atoms with Crippen LogP contribution in [0.3, 0.4) is 0 Å². The van der Waals surface area contributed by atoms with Crippen LogP contribution in [-0.4, -0.2) is 18.6 Å². The van der Waals surface area contributed by atoms with Gasteiger partial charge in [0.2, 0.25) is 0 Å². The number of anilines is 2. The summed E-state index contributed by atoms with van der Waals surface area (Å²) >= 11 is 0. The first kappa shape index (κ1) is 12.4. The number of ether oxygens (including phenoxy) is 1. The molecule has 0 radical (unpaired) electrons. The Morgan fingerprint density at radius 2 is 2.19 bits per heavy atom. The SMILES string of the molecule is CCOC(=O)c1ccc(N)c(NC(C)C)c1. The molecule has 0 bridgehead atoms. The van der Waals surface area contributed by atoms with Crippen molar-refractivity contribution >= 4 is 17.3 Å². The van der Waals surface area contributed by atoms with E-state index in [0.29, 0.717) is 17.9 Å². The molecule has 0 spiro atoms. The van der Waals surface area contributed by atoms with E-state index in [1.165, 1.54) is 0 Å². The van der Waals surface area contributed by atoms with Gasteiger partial charge in [0.05, 0.1) is 23.5 Å². The van der Waals surface area contributed by atoms with Gasteiger partial charge in [-0.25, -0.2) is 4.79 Å². The highest BCUT2D eigenvalue weighted by atomic mass is 16.5. The van der Waals surface area contributed by atoms with Gasteiger partial charge in [-0.2, -0.15) is 0 Å². The maximum absolute atomic E-state index is 11.5. The second-order valence-electron chi connectivity index (χ2n) is 3.82. The molecule has 0 heterocycles. The Morgan fingerprint density at radius 1 is 1.50 bits per heavy atom. The molecule has 4 nitrogen and oxygen atoms in total. The molecule has 0 amide bonds. The zero-order valence-electron chi connectivity index (χ0n) is 9.91. The molecule has 0 unspecified atom stereocenters. The maximum atomic E-state index is 11.5. The van der Waals surface area contributed by atoms with Crippen LogP contribution < -0.4 is 11.1 Å². The van der Waals surface area contributed by atoms with E-state index in [-0.39, 0.29) is 12.0 Å². The van der Waals surface area contributed by atoms with Crippen molar-refractivity contribution in [1.82, 2.24) is 0 Å². The van der Waals surface area contributed by atoms with E-state index in [9.17, 15) is 4.79 Å². The quantitative estimate of drug-likeness (QED) is 0.606. The van der Waals surface area contributed by atoms with Gasteiger partial charge in [-0.15, -0.1) is 0 Å². The zero-order chi connectivity index (χ0) is 12.1.